The zero-order valence-electron chi connectivity index (χ0n) is 13.8. The minimum absolute atomic E-state index is 0.187. The van der Waals surface area contributed by atoms with Crippen LogP contribution in [0.15, 0.2) is 36.4 Å². The molecule has 26 heavy (non-hydrogen) atoms. The van der Waals surface area contributed by atoms with Crippen molar-refractivity contribution < 1.29 is 28.2 Å². The first kappa shape index (κ1) is 18.0. The SMILES string of the molecule is C[C@H](OC(=O)c1cc(Cl)ccc1F)C(=O)Nc1ccc2c(c1)OCCO2. The molecule has 0 radical (unpaired) electrons. The molecule has 0 unspecified atom stereocenters. The molecule has 2 aromatic rings. The van der Waals surface area contributed by atoms with Crippen molar-refractivity contribution in [2.75, 3.05) is 18.5 Å². The highest BCUT2D eigenvalue weighted by Crippen LogP contribution is 2.32. The van der Waals surface area contributed by atoms with Crippen molar-refractivity contribution in [2.24, 2.45) is 0 Å². The maximum absolute atomic E-state index is 13.7. The highest BCUT2D eigenvalue weighted by atomic mass is 35.5. The van der Waals surface area contributed by atoms with Gasteiger partial charge in [0.15, 0.2) is 17.6 Å². The summed E-state index contributed by atoms with van der Waals surface area (Å²) < 4.78 is 29.5. The van der Waals surface area contributed by atoms with Gasteiger partial charge in [-0.05, 0) is 37.3 Å². The number of anilines is 1. The zero-order chi connectivity index (χ0) is 18.7. The molecular weight excluding hydrogens is 365 g/mol. The van der Waals surface area contributed by atoms with E-state index < -0.39 is 23.8 Å². The van der Waals surface area contributed by atoms with Crippen LogP contribution in [0.2, 0.25) is 5.02 Å². The molecule has 1 N–H and O–H groups in total. The van der Waals surface area contributed by atoms with Gasteiger partial charge in [0.05, 0.1) is 5.56 Å². The maximum Gasteiger partial charge on any atom is 0.341 e. The summed E-state index contributed by atoms with van der Waals surface area (Å²) in [5.41, 5.74) is 0.118. The highest BCUT2D eigenvalue weighted by molar-refractivity contribution is 6.30. The normalized spacial score (nSPS) is 13.7. The van der Waals surface area contributed by atoms with Crippen LogP contribution < -0.4 is 14.8 Å². The third-order valence-corrected chi connectivity index (χ3v) is 3.85. The molecule has 0 spiro atoms. The lowest BCUT2D eigenvalue weighted by molar-refractivity contribution is -0.123. The van der Waals surface area contributed by atoms with E-state index in [0.29, 0.717) is 30.4 Å². The monoisotopic (exact) mass is 379 g/mol. The molecule has 0 aromatic heterocycles. The molecule has 0 fully saturated rings. The van der Waals surface area contributed by atoms with Crippen LogP contribution >= 0.6 is 11.6 Å². The van der Waals surface area contributed by atoms with Gasteiger partial charge in [0, 0.05) is 16.8 Å². The number of benzene rings is 2. The third kappa shape index (κ3) is 4.05. The Morgan fingerprint density at radius 3 is 2.65 bits per heavy atom. The second kappa shape index (κ2) is 7.61. The van der Waals surface area contributed by atoms with Crippen molar-refractivity contribution in [1.29, 1.82) is 0 Å². The van der Waals surface area contributed by atoms with E-state index >= 15 is 0 Å². The van der Waals surface area contributed by atoms with Gasteiger partial charge in [-0.2, -0.15) is 0 Å². The fourth-order valence-electron chi connectivity index (χ4n) is 2.30. The first-order valence-corrected chi connectivity index (χ1v) is 8.18. The average Bonchev–Trinajstić information content (AvgIpc) is 2.63. The number of hydrogen-bond donors (Lipinski definition) is 1. The van der Waals surface area contributed by atoms with Crippen LogP contribution in [0, 0.1) is 5.82 Å². The predicted molar refractivity (Wildman–Crippen MR) is 92.3 cm³/mol. The Balaban J connectivity index is 1.64. The number of carbonyl (C=O) groups is 2. The number of fused-ring (bicyclic) bond motifs is 1. The number of carbonyl (C=O) groups excluding carboxylic acids is 2. The number of halogens is 2. The summed E-state index contributed by atoms with van der Waals surface area (Å²) in [5.74, 6) is -1.23. The summed E-state index contributed by atoms with van der Waals surface area (Å²) in [4.78, 5) is 24.3. The minimum Gasteiger partial charge on any atom is -0.486 e. The topological polar surface area (TPSA) is 73.9 Å². The molecule has 0 saturated carbocycles. The van der Waals surface area contributed by atoms with Gasteiger partial charge >= 0.3 is 5.97 Å². The molecule has 136 valence electrons. The van der Waals surface area contributed by atoms with Gasteiger partial charge in [-0.25, -0.2) is 9.18 Å². The van der Waals surface area contributed by atoms with Gasteiger partial charge in [-0.1, -0.05) is 11.6 Å². The van der Waals surface area contributed by atoms with Gasteiger partial charge in [0.25, 0.3) is 5.91 Å². The second-order valence-electron chi connectivity index (χ2n) is 5.52. The van der Waals surface area contributed by atoms with Crippen molar-refractivity contribution in [3.63, 3.8) is 0 Å². The molecule has 0 bridgehead atoms. The standard InChI is InChI=1S/C18H15ClFNO5/c1-10(26-18(23)13-8-11(19)2-4-14(13)20)17(22)21-12-3-5-15-16(9-12)25-7-6-24-15/h2-5,8-10H,6-7H2,1H3,(H,21,22)/t10-/m0/s1. The first-order valence-electron chi connectivity index (χ1n) is 7.80. The number of ether oxygens (including phenoxy) is 3. The average molecular weight is 380 g/mol. The Morgan fingerprint density at radius 1 is 1.15 bits per heavy atom. The molecule has 1 aliphatic heterocycles. The van der Waals surface area contributed by atoms with E-state index in [1.54, 1.807) is 18.2 Å². The molecule has 3 rings (SSSR count). The Labute approximate surface area is 153 Å². The number of rotatable bonds is 4. The zero-order valence-corrected chi connectivity index (χ0v) is 14.5. The molecule has 6 nitrogen and oxygen atoms in total. The van der Waals surface area contributed by atoms with Gasteiger partial charge in [-0.15, -0.1) is 0 Å². The molecule has 2 aromatic carbocycles. The lowest BCUT2D eigenvalue weighted by Gasteiger charge is -2.19. The van der Waals surface area contributed by atoms with Crippen LogP contribution in [0.3, 0.4) is 0 Å². The number of hydrogen-bond acceptors (Lipinski definition) is 5. The molecule has 1 heterocycles. The van der Waals surface area contributed by atoms with Crippen LogP contribution in [0.5, 0.6) is 11.5 Å². The number of esters is 1. The van der Waals surface area contributed by atoms with Gasteiger partial charge < -0.3 is 19.5 Å². The van der Waals surface area contributed by atoms with Crippen molar-refractivity contribution >= 4 is 29.2 Å². The molecule has 0 saturated heterocycles. The minimum atomic E-state index is -1.14. The summed E-state index contributed by atoms with van der Waals surface area (Å²) in [6.07, 6.45) is -1.14. The van der Waals surface area contributed by atoms with Crippen LogP contribution in [-0.4, -0.2) is 31.2 Å². The molecule has 0 aliphatic carbocycles. The van der Waals surface area contributed by atoms with Crippen LogP contribution in [0.25, 0.3) is 0 Å². The molecule has 1 amide bonds. The predicted octanol–water partition coefficient (Wildman–Crippen LogP) is 3.43. The van der Waals surface area contributed by atoms with E-state index in [-0.39, 0.29) is 10.6 Å². The van der Waals surface area contributed by atoms with Crippen LogP contribution in [-0.2, 0) is 9.53 Å². The van der Waals surface area contributed by atoms with Crippen LogP contribution in [0.4, 0.5) is 10.1 Å². The summed E-state index contributed by atoms with van der Waals surface area (Å²) in [6, 6.07) is 8.42. The van der Waals surface area contributed by atoms with Gasteiger partial charge in [-0.3, -0.25) is 4.79 Å². The quantitative estimate of drug-likeness (QED) is 0.824. The van der Waals surface area contributed by atoms with Crippen molar-refractivity contribution in [2.45, 2.75) is 13.0 Å². The largest absolute Gasteiger partial charge is 0.486 e. The van der Waals surface area contributed by atoms with E-state index in [9.17, 15) is 14.0 Å². The molecule has 1 aliphatic rings. The van der Waals surface area contributed by atoms with E-state index in [2.05, 4.69) is 5.32 Å². The summed E-state index contributed by atoms with van der Waals surface area (Å²) in [5, 5.41) is 2.79. The van der Waals surface area contributed by atoms with E-state index in [0.717, 1.165) is 12.1 Å². The van der Waals surface area contributed by atoms with E-state index in [4.69, 9.17) is 25.8 Å². The second-order valence-corrected chi connectivity index (χ2v) is 5.96. The fourth-order valence-corrected chi connectivity index (χ4v) is 2.47. The smallest absolute Gasteiger partial charge is 0.341 e. The third-order valence-electron chi connectivity index (χ3n) is 3.61. The number of nitrogens with one attached hydrogen (secondary N) is 1. The maximum atomic E-state index is 13.7. The lowest BCUT2D eigenvalue weighted by atomic mass is 10.2. The summed E-state index contributed by atoms with van der Waals surface area (Å²) in [7, 11) is 0. The van der Waals surface area contributed by atoms with E-state index in [1.807, 2.05) is 0 Å². The van der Waals surface area contributed by atoms with Gasteiger partial charge in [0.2, 0.25) is 0 Å². The Bertz CT molecular complexity index is 857. The summed E-state index contributed by atoms with van der Waals surface area (Å²) in [6.45, 7) is 2.27. The molecular formula is C18H15ClFNO5. The molecule has 1 atom stereocenters. The first-order chi connectivity index (χ1) is 12.4. The van der Waals surface area contributed by atoms with Crippen molar-refractivity contribution in [3.05, 3.63) is 52.8 Å². The van der Waals surface area contributed by atoms with Crippen molar-refractivity contribution in [3.8, 4) is 11.5 Å². The Hall–Kier alpha value is -2.80. The highest BCUT2D eigenvalue weighted by Gasteiger charge is 2.22. The van der Waals surface area contributed by atoms with Crippen LogP contribution in [0.1, 0.15) is 17.3 Å². The van der Waals surface area contributed by atoms with Crippen molar-refractivity contribution in [1.82, 2.24) is 0 Å². The number of amides is 1. The lowest BCUT2D eigenvalue weighted by Crippen LogP contribution is -2.30. The fraction of sp³-hybridized carbons (Fsp3) is 0.222. The Morgan fingerprint density at radius 2 is 1.88 bits per heavy atom. The van der Waals surface area contributed by atoms with Gasteiger partial charge in [0.1, 0.15) is 19.0 Å². The molecule has 8 heteroatoms. The van der Waals surface area contributed by atoms with E-state index in [1.165, 1.54) is 13.0 Å². The summed E-state index contributed by atoms with van der Waals surface area (Å²) >= 11 is 5.75. The Kier molecular flexibility index (Phi) is 5.27.